The number of Topliss-reactive ketones (excluding diaryl/α,β-unsaturated/α-hetero) is 2. The predicted octanol–water partition coefficient (Wildman–Crippen LogP) is 6.25. The van der Waals surface area contributed by atoms with E-state index in [0.29, 0.717) is 50.3 Å². The Morgan fingerprint density at radius 3 is 1.26 bits per heavy atom. The van der Waals surface area contributed by atoms with Gasteiger partial charge in [0.1, 0.15) is 11.5 Å². The molecule has 0 fully saturated rings. The Kier molecular flexibility index (Phi) is 14.1. The van der Waals surface area contributed by atoms with E-state index in [1.807, 2.05) is 86.5 Å². The monoisotopic (exact) mass is 524 g/mol. The standard InChI is InChI=1S/C32H48N2O4/c1-7-9-21-37-29-17-13-25(14-18-29)31(35)27(23-33(3)4)11-12-28(24-34(5)6)32(36)26-15-19-30(20-16-26)38-22-10-8-2/h13-20,27-28H,7-12,21-24H2,1-6H3/t27-,28-/m0/s1. The molecule has 0 N–H and O–H groups in total. The van der Waals surface area contributed by atoms with Crippen molar-refractivity contribution in [3.05, 3.63) is 59.7 Å². The number of benzene rings is 2. The smallest absolute Gasteiger partial charge is 0.167 e. The molecule has 0 bridgehead atoms. The zero-order chi connectivity index (χ0) is 27.9. The third kappa shape index (κ3) is 11.0. The average Bonchev–Trinajstić information content (AvgIpc) is 2.90. The summed E-state index contributed by atoms with van der Waals surface area (Å²) in [5.74, 6) is 1.43. The minimum atomic E-state index is -0.191. The van der Waals surface area contributed by atoms with Crippen LogP contribution in [0.3, 0.4) is 0 Å². The first-order valence-electron chi connectivity index (χ1n) is 14.1. The van der Waals surface area contributed by atoms with Crippen LogP contribution in [0.25, 0.3) is 0 Å². The number of carbonyl (C=O) groups is 2. The molecule has 0 saturated carbocycles. The van der Waals surface area contributed by atoms with Crippen LogP contribution in [0.4, 0.5) is 0 Å². The van der Waals surface area contributed by atoms with Crippen molar-refractivity contribution in [3.8, 4) is 11.5 Å². The Bertz CT molecular complexity index is 875. The second-order valence-corrected chi connectivity index (χ2v) is 10.7. The number of carbonyl (C=O) groups excluding carboxylic acids is 2. The second-order valence-electron chi connectivity index (χ2n) is 10.7. The van der Waals surface area contributed by atoms with Gasteiger partial charge in [0.15, 0.2) is 11.6 Å². The summed E-state index contributed by atoms with van der Waals surface area (Å²) in [5.41, 5.74) is 1.38. The summed E-state index contributed by atoms with van der Waals surface area (Å²) in [7, 11) is 7.93. The van der Waals surface area contributed by atoms with Crippen molar-refractivity contribution in [1.82, 2.24) is 9.80 Å². The SMILES string of the molecule is CCCCOc1ccc(C(=O)[C@@H](CC[C@@H](CN(C)C)C(=O)c2ccc(OCCCC)cc2)CN(C)C)cc1. The molecule has 0 saturated heterocycles. The Morgan fingerprint density at radius 2 is 0.974 bits per heavy atom. The number of ether oxygens (including phenoxy) is 2. The van der Waals surface area contributed by atoms with E-state index >= 15 is 0 Å². The van der Waals surface area contributed by atoms with Gasteiger partial charge in [0.2, 0.25) is 0 Å². The highest BCUT2D eigenvalue weighted by Gasteiger charge is 2.26. The van der Waals surface area contributed by atoms with E-state index in [0.717, 1.165) is 37.2 Å². The molecule has 2 rings (SSSR count). The van der Waals surface area contributed by atoms with Crippen LogP contribution in [0.5, 0.6) is 11.5 Å². The van der Waals surface area contributed by atoms with Crippen molar-refractivity contribution >= 4 is 11.6 Å². The Hall–Kier alpha value is -2.70. The maximum atomic E-state index is 13.5. The first-order chi connectivity index (χ1) is 18.2. The average molecular weight is 525 g/mol. The lowest BCUT2D eigenvalue weighted by Gasteiger charge is -2.24. The summed E-state index contributed by atoms with van der Waals surface area (Å²) in [6, 6.07) is 15.0. The normalized spacial score (nSPS) is 12.9. The lowest BCUT2D eigenvalue weighted by atomic mass is 9.86. The van der Waals surface area contributed by atoms with Crippen molar-refractivity contribution in [2.75, 3.05) is 54.5 Å². The summed E-state index contributed by atoms with van der Waals surface area (Å²) in [6.07, 6.45) is 5.48. The van der Waals surface area contributed by atoms with E-state index in [2.05, 4.69) is 13.8 Å². The fourth-order valence-corrected chi connectivity index (χ4v) is 4.47. The van der Waals surface area contributed by atoms with Gasteiger partial charge >= 0.3 is 0 Å². The molecule has 0 aromatic heterocycles. The molecule has 6 heteroatoms. The lowest BCUT2D eigenvalue weighted by Crippen LogP contribution is -2.32. The van der Waals surface area contributed by atoms with Gasteiger partial charge in [0.25, 0.3) is 0 Å². The van der Waals surface area contributed by atoms with Crippen LogP contribution in [0, 0.1) is 11.8 Å². The third-order valence-corrected chi connectivity index (χ3v) is 6.59. The Balaban J connectivity index is 2.10. The fourth-order valence-electron chi connectivity index (χ4n) is 4.47. The van der Waals surface area contributed by atoms with Gasteiger partial charge in [-0.05, 0) is 102 Å². The molecule has 38 heavy (non-hydrogen) atoms. The van der Waals surface area contributed by atoms with Gasteiger partial charge < -0.3 is 19.3 Å². The molecular weight excluding hydrogens is 476 g/mol. The first-order valence-corrected chi connectivity index (χ1v) is 14.1. The lowest BCUT2D eigenvalue weighted by molar-refractivity contribution is 0.0834. The topological polar surface area (TPSA) is 59.1 Å². The van der Waals surface area contributed by atoms with E-state index < -0.39 is 0 Å². The van der Waals surface area contributed by atoms with Gasteiger partial charge in [-0.3, -0.25) is 9.59 Å². The highest BCUT2D eigenvalue weighted by molar-refractivity contribution is 5.99. The van der Waals surface area contributed by atoms with Crippen molar-refractivity contribution in [1.29, 1.82) is 0 Å². The molecule has 0 aliphatic rings. The summed E-state index contributed by atoms with van der Waals surface area (Å²) in [4.78, 5) is 31.1. The molecule has 0 amide bonds. The Labute approximate surface area is 230 Å². The number of rotatable bonds is 19. The summed E-state index contributed by atoms with van der Waals surface area (Å²) < 4.78 is 11.5. The summed E-state index contributed by atoms with van der Waals surface area (Å²) >= 11 is 0. The molecule has 0 spiro atoms. The molecule has 6 nitrogen and oxygen atoms in total. The number of hydrogen-bond donors (Lipinski definition) is 0. The minimum Gasteiger partial charge on any atom is -0.494 e. The number of unbranched alkanes of at least 4 members (excludes halogenated alkanes) is 2. The number of hydrogen-bond acceptors (Lipinski definition) is 6. The second kappa shape index (κ2) is 17.0. The largest absolute Gasteiger partial charge is 0.494 e. The molecule has 0 radical (unpaired) electrons. The van der Waals surface area contributed by atoms with Crippen molar-refractivity contribution in [3.63, 3.8) is 0 Å². The third-order valence-electron chi connectivity index (χ3n) is 6.59. The number of ketones is 2. The van der Waals surface area contributed by atoms with Crippen molar-refractivity contribution in [2.45, 2.75) is 52.4 Å². The molecular formula is C32H48N2O4. The maximum absolute atomic E-state index is 13.5. The first kappa shape index (κ1) is 31.5. The molecule has 2 aromatic carbocycles. The van der Waals surface area contributed by atoms with Crippen LogP contribution in [-0.4, -0.2) is 75.9 Å². The molecule has 0 unspecified atom stereocenters. The molecule has 0 aliphatic heterocycles. The minimum absolute atomic E-state index is 0.114. The summed E-state index contributed by atoms with van der Waals surface area (Å²) in [5, 5.41) is 0. The maximum Gasteiger partial charge on any atom is 0.167 e. The highest BCUT2D eigenvalue weighted by Crippen LogP contribution is 2.24. The van der Waals surface area contributed by atoms with Crippen LogP contribution in [-0.2, 0) is 0 Å². The zero-order valence-electron chi connectivity index (χ0n) is 24.4. The van der Waals surface area contributed by atoms with Gasteiger partial charge in [0.05, 0.1) is 13.2 Å². The molecule has 2 atom stereocenters. The van der Waals surface area contributed by atoms with Crippen molar-refractivity contribution < 1.29 is 19.1 Å². The molecule has 210 valence electrons. The van der Waals surface area contributed by atoms with Crippen LogP contribution in [0.15, 0.2) is 48.5 Å². The van der Waals surface area contributed by atoms with Crippen LogP contribution in [0.1, 0.15) is 73.1 Å². The van der Waals surface area contributed by atoms with Gasteiger partial charge in [0, 0.05) is 36.1 Å². The van der Waals surface area contributed by atoms with Crippen LogP contribution in [0.2, 0.25) is 0 Å². The van der Waals surface area contributed by atoms with E-state index in [1.165, 1.54) is 0 Å². The quantitative estimate of drug-likeness (QED) is 0.160. The number of nitrogens with zero attached hydrogens (tertiary/aromatic N) is 2. The van der Waals surface area contributed by atoms with E-state index in [1.54, 1.807) is 0 Å². The van der Waals surface area contributed by atoms with Gasteiger partial charge in [-0.2, -0.15) is 0 Å². The van der Waals surface area contributed by atoms with Gasteiger partial charge in [-0.25, -0.2) is 0 Å². The van der Waals surface area contributed by atoms with Gasteiger partial charge in [-0.15, -0.1) is 0 Å². The molecule has 0 heterocycles. The zero-order valence-corrected chi connectivity index (χ0v) is 24.4. The van der Waals surface area contributed by atoms with Crippen LogP contribution >= 0.6 is 0 Å². The summed E-state index contributed by atoms with van der Waals surface area (Å²) in [6.45, 7) is 6.91. The van der Waals surface area contributed by atoms with Crippen molar-refractivity contribution in [2.24, 2.45) is 11.8 Å². The van der Waals surface area contributed by atoms with E-state index in [9.17, 15) is 9.59 Å². The molecule has 2 aromatic rings. The molecule has 0 aliphatic carbocycles. The Morgan fingerprint density at radius 1 is 0.632 bits per heavy atom. The van der Waals surface area contributed by atoms with Crippen LogP contribution < -0.4 is 9.47 Å². The predicted molar refractivity (Wildman–Crippen MR) is 156 cm³/mol. The highest BCUT2D eigenvalue weighted by atomic mass is 16.5. The van der Waals surface area contributed by atoms with Gasteiger partial charge in [-0.1, -0.05) is 26.7 Å². The fraction of sp³-hybridized carbons (Fsp3) is 0.562. The van der Waals surface area contributed by atoms with E-state index in [-0.39, 0.29) is 23.4 Å². The van der Waals surface area contributed by atoms with E-state index in [4.69, 9.17) is 9.47 Å².